The number of allylic oxidation sites excluding steroid dienone is 5. The number of benzene rings is 1. The number of nitrogens with one attached hydrogen (secondary N) is 2. The monoisotopic (exact) mass is 403 g/mol. The highest BCUT2D eigenvalue weighted by Gasteiger charge is 2.35. The van der Waals surface area contributed by atoms with Gasteiger partial charge in [-0.15, -0.1) is 0 Å². The van der Waals surface area contributed by atoms with E-state index in [0.717, 1.165) is 56.9 Å². The molecule has 4 N–H and O–H groups in total. The van der Waals surface area contributed by atoms with Gasteiger partial charge in [-0.25, -0.2) is 9.98 Å². The number of fused-ring (bicyclic) bond motifs is 6. The molecular weight excluding hydrogens is 382 g/mol. The Kier molecular flexibility index (Phi) is 3.83. The molecule has 6 rings (SSSR count). The number of para-hydroxylation sites is 1. The van der Waals surface area contributed by atoms with Crippen molar-refractivity contribution in [1.82, 2.24) is 10.3 Å². The van der Waals surface area contributed by atoms with Gasteiger partial charge in [0.1, 0.15) is 0 Å². The number of H-pyrrole nitrogens is 1. The van der Waals surface area contributed by atoms with Gasteiger partial charge in [-0.1, -0.05) is 24.3 Å². The highest BCUT2D eigenvalue weighted by molar-refractivity contribution is 6.20. The molecule has 0 amide bonds. The SMILES string of the molecule is Nc1ccccc1C12/C=C3/C=CC(=N3)/C=c3/cc/c([nH]3)=C/C3=NC(=C\C(=CC1)N2)/C=C3. The fourth-order valence-corrected chi connectivity index (χ4v) is 4.42. The third-order valence-electron chi connectivity index (χ3n) is 5.85. The topological polar surface area (TPSA) is 78.6 Å². The van der Waals surface area contributed by atoms with E-state index < -0.39 is 5.54 Å². The Morgan fingerprint density at radius 2 is 1.52 bits per heavy atom. The Bertz CT molecular complexity index is 1440. The average Bonchev–Trinajstić information content (AvgIpc) is 3.54. The second-order valence-corrected chi connectivity index (χ2v) is 8.08. The van der Waals surface area contributed by atoms with Crippen molar-refractivity contribution in [2.75, 3.05) is 5.73 Å². The number of aromatic amines is 1. The molecule has 0 aliphatic carbocycles. The highest BCUT2D eigenvalue weighted by Crippen LogP contribution is 2.38. The van der Waals surface area contributed by atoms with E-state index in [1.165, 1.54) is 0 Å². The van der Waals surface area contributed by atoms with Crippen LogP contribution in [0.2, 0.25) is 0 Å². The van der Waals surface area contributed by atoms with Crippen molar-refractivity contribution in [3.8, 4) is 0 Å². The first-order chi connectivity index (χ1) is 15.1. The molecule has 5 heteroatoms. The maximum Gasteiger partial charge on any atom is 0.0888 e. The molecule has 5 nitrogen and oxygen atoms in total. The van der Waals surface area contributed by atoms with Gasteiger partial charge in [-0.2, -0.15) is 0 Å². The summed E-state index contributed by atoms with van der Waals surface area (Å²) in [5.74, 6) is 0. The second-order valence-electron chi connectivity index (χ2n) is 8.08. The van der Waals surface area contributed by atoms with E-state index in [4.69, 9.17) is 15.7 Å². The van der Waals surface area contributed by atoms with Gasteiger partial charge in [0.15, 0.2) is 0 Å². The molecule has 2 aromatic rings. The van der Waals surface area contributed by atoms with Gasteiger partial charge in [0.25, 0.3) is 0 Å². The lowest BCUT2D eigenvalue weighted by Crippen LogP contribution is -2.36. The number of hydrogen-bond donors (Lipinski definition) is 3. The molecule has 4 aliphatic heterocycles. The van der Waals surface area contributed by atoms with Crippen molar-refractivity contribution in [1.29, 1.82) is 0 Å². The van der Waals surface area contributed by atoms with E-state index in [9.17, 15) is 0 Å². The zero-order valence-corrected chi connectivity index (χ0v) is 16.8. The van der Waals surface area contributed by atoms with Crippen molar-refractivity contribution in [2.45, 2.75) is 12.0 Å². The van der Waals surface area contributed by atoms with Crippen LogP contribution in [-0.4, -0.2) is 16.4 Å². The molecule has 1 atom stereocenters. The van der Waals surface area contributed by atoms with Gasteiger partial charge in [0, 0.05) is 27.6 Å². The number of rotatable bonds is 1. The van der Waals surface area contributed by atoms with E-state index in [1.54, 1.807) is 0 Å². The highest BCUT2D eigenvalue weighted by atomic mass is 15.0. The Labute approximate surface area is 179 Å². The van der Waals surface area contributed by atoms with Crippen LogP contribution in [0, 0.1) is 0 Å². The number of aromatic nitrogens is 1. The minimum atomic E-state index is -0.464. The van der Waals surface area contributed by atoms with Crippen molar-refractivity contribution >= 4 is 29.3 Å². The first-order valence-corrected chi connectivity index (χ1v) is 10.4. The van der Waals surface area contributed by atoms with Crippen LogP contribution in [0.1, 0.15) is 12.0 Å². The predicted molar refractivity (Wildman–Crippen MR) is 127 cm³/mol. The number of anilines is 1. The number of hydrogen-bond acceptors (Lipinski definition) is 4. The molecule has 8 bridgehead atoms. The van der Waals surface area contributed by atoms with Gasteiger partial charge < -0.3 is 16.0 Å². The molecule has 1 unspecified atom stereocenters. The maximum absolute atomic E-state index is 6.40. The molecular formula is C26H21N5. The molecule has 31 heavy (non-hydrogen) atoms. The third-order valence-corrected chi connectivity index (χ3v) is 5.85. The minimum Gasteiger partial charge on any atom is -0.398 e. The lowest BCUT2D eigenvalue weighted by molar-refractivity contribution is 0.506. The van der Waals surface area contributed by atoms with Crippen LogP contribution in [0.4, 0.5) is 5.69 Å². The average molecular weight is 403 g/mol. The number of nitrogens with zero attached hydrogens (tertiary/aromatic N) is 2. The molecule has 0 saturated carbocycles. The van der Waals surface area contributed by atoms with Crippen LogP contribution >= 0.6 is 0 Å². The van der Waals surface area contributed by atoms with Crippen molar-refractivity contribution < 1.29 is 0 Å². The summed E-state index contributed by atoms with van der Waals surface area (Å²) >= 11 is 0. The zero-order valence-electron chi connectivity index (χ0n) is 16.8. The molecule has 0 spiro atoms. The minimum absolute atomic E-state index is 0.464. The van der Waals surface area contributed by atoms with Crippen LogP contribution < -0.4 is 21.7 Å². The summed E-state index contributed by atoms with van der Waals surface area (Å²) in [6, 6.07) is 12.1. The van der Waals surface area contributed by atoms with Gasteiger partial charge in [-0.05, 0) is 73.2 Å². The van der Waals surface area contributed by atoms with Crippen molar-refractivity contribution in [3.05, 3.63) is 112 Å². The molecule has 0 saturated heterocycles. The van der Waals surface area contributed by atoms with Crippen LogP contribution in [0.3, 0.4) is 0 Å². The van der Waals surface area contributed by atoms with Crippen molar-refractivity contribution in [2.24, 2.45) is 9.98 Å². The summed E-state index contributed by atoms with van der Waals surface area (Å²) in [5.41, 5.74) is 12.4. The van der Waals surface area contributed by atoms with Gasteiger partial charge >= 0.3 is 0 Å². The molecule has 0 radical (unpaired) electrons. The van der Waals surface area contributed by atoms with Gasteiger partial charge in [0.05, 0.1) is 28.4 Å². The summed E-state index contributed by atoms with van der Waals surface area (Å²) in [7, 11) is 0. The smallest absolute Gasteiger partial charge is 0.0888 e. The number of nitrogens with two attached hydrogens (primary N) is 1. The largest absolute Gasteiger partial charge is 0.398 e. The Hall–Kier alpha value is -4.12. The quantitative estimate of drug-likeness (QED) is 0.640. The summed E-state index contributed by atoms with van der Waals surface area (Å²) < 4.78 is 0. The lowest BCUT2D eigenvalue weighted by atomic mass is 9.86. The summed E-state index contributed by atoms with van der Waals surface area (Å²) in [5, 5.41) is 5.72. The van der Waals surface area contributed by atoms with E-state index in [2.05, 4.69) is 52.8 Å². The van der Waals surface area contributed by atoms with Gasteiger partial charge in [0.2, 0.25) is 0 Å². The van der Waals surface area contributed by atoms with E-state index in [-0.39, 0.29) is 0 Å². The molecule has 1 aromatic carbocycles. The first kappa shape index (κ1) is 17.7. The standard InChI is InChI=1S/C26H21N5/c27-25-4-2-1-3-24(25)26-12-11-22(31-26)15-21-8-7-18(29-21)13-17-5-6-19(28-17)14-20-9-10-23(16-26)30-20/h1-11,13-16,28,31H,12,27H2/b17-13-,19-14-,21-15-,23-16-. The van der Waals surface area contributed by atoms with E-state index in [1.807, 2.05) is 48.6 Å². The maximum atomic E-state index is 6.40. The van der Waals surface area contributed by atoms with Crippen LogP contribution in [0.5, 0.6) is 0 Å². The predicted octanol–water partition coefficient (Wildman–Crippen LogP) is 2.73. The van der Waals surface area contributed by atoms with Crippen LogP contribution in [0.15, 0.2) is 106 Å². The van der Waals surface area contributed by atoms with Crippen LogP contribution in [0.25, 0.3) is 12.2 Å². The molecule has 150 valence electrons. The number of aliphatic imine (C=N–C) groups is 2. The molecule has 0 fully saturated rings. The summed E-state index contributed by atoms with van der Waals surface area (Å²) in [6.45, 7) is 0. The Morgan fingerprint density at radius 1 is 0.806 bits per heavy atom. The molecule has 1 aromatic heterocycles. The number of nitrogen functional groups attached to an aromatic ring is 1. The first-order valence-electron chi connectivity index (χ1n) is 10.4. The van der Waals surface area contributed by atoms with Gasteiger partial charge in [-0.3, -0.25) is 0 Å². The molecule has 4 aliphatic rings. The normalized spacial score (nSPS) is 28.7. The van der Waals surface area contributed by atoms with Crippen LogP contribution in [-0.2, 0) is 5.54 Å². The Morgan fingerprint density at radius 3 is 2.29 bits per heavy atom. The summed E-state index contributed by atoms with van der Waals surface area (Å²) in [4.78, 5) is 13.0. The van der Waals surface area contributed by atoms with E-state index in [0.29, 0.717) is 0 Å². The third kappa shape index (κ3) is 3.20. The molecule has 5 heterocycles. The van der Waals surface area contributed by atoms with Crippen molar-refractivity contribution in [3.63, 3.8) is 0 Å². The Balaban J connectivity index is 1.55. The fraction of sp³-hybridized carbons (Fsp3) is 0.0769. The fourth-order valence-electron chi connectivity index (χ4n) is 4.42. The lowest BCUT2D eigenvalue weighted by Gasteiger charge is -2.30. The summed E-state index contributed by atoms with van der Waals surface area (Å²) in [6.07, 6.45) is 19.5. The zero-order chi connectivity index (χ0) is 20.8. The second kappa shape index (κ2) is 6.71. The van der Waals surface area contributed by atoms with E-state index >= 15 is 0 Å².